The quantitative estimate of drug-likeness (QED) is 0.904. The standard InChI is InChI=1S/C15H19NO3/c17-14(18)9-15(16-7-3-4-8-16)11-19-10-12-5-1-2-6-13(12)15/h1-2,5-6H,3-4,7-11H2,(H,17,18). The van der Waals surface area contributed by atoms with E-state index >= 15 is 0 Å². The van der Waals surface area contributed by atoms with Gasteiger partial charge in [-0.2, -0.15) is 0 Å². The number of carbonyl (C=O) groups is 1. The van der Waals surface area contributed by atoms with Crippen LogP contribution < -0.4 is 0 Å². The summed E-state index contributed by atoms with van der Waals surface area (Å²) in [5.41, 5.74) is 1.80. The number of likely N-dealkylation sites (tertiary alicyclic amines) is 1. The lowest BCUT2D eigenvalue weighted by atomic mass is 9.81. The predicted octanol–water partition coefficient (Wildman–Crippen LogP) is 1.98. The second-order valence-electron chi connectivity index (χ2n) is 5.45. The molecule has 2 aliphatic heterocycles. The van der Waals surface area contributed by atoms with Crippen molar-refractivity contribution in [2.45, 2.75) is 31.4 Å². The average Bonchev–Trinajstić information content (AvgIpc) is 2.93. The van der Waals surface area contributed by atoms with Crippen LogP contribution in [0.25, 0.3) is 0 Å². The number of rotatable bonds is 3. The van der Waals surface area contributed by atoms with Crippen LogP contribution in [0, 0.1) is 0 Å². The van der Waals surface area contributed by atoms with E-state index in [0.717, 1.165) is 37.1 Å². The second kappa shape index (κ2) is 4.94. The van der Waals surface area contributed by atoms with Gasteiger partial charge in [-0.3, -0.25) is 9.69 Å². The SMILES string of the molecule is O=C(O)CC1(N2CCCC2)COCc2ccccc21. The molecular weight excluding hydrogens is 242 g/mol. The zero-order chi connectivity index (χ0) is 13.3. The highest BCUT2D eigenvalue weighted by Gasteiger charge is 2.45. The Hall–Kier alpha value is -1.39. The molecule has 0 spiro atoms. The first-order valence-electron chi connectivity index (χ1n) is 6.85. The molecule has 4 nitrogen and oxygen atoms in total. The molecule has 1 unspecified atom stereocenters. The van der Waals surface area contributed by atoms with Crippen LogP contribution in [0.2, 0.25) is 0 Å². The summed E-state index contributed by atoms with van der Waals surface area (Å²) in [7, 11) is 0. The first kappa shape index (κ1) is 12.6. The van der Waals surface area contributed by atoms with Gasteiger partial charge in [-0.15, -0.1) is 0 Å². The molecule has 0 aromatic heterocycles. The molecular formula is C15H19NO3. The van der Waals surface area contributed by atoms with E-state index in [0.29, 0.717) is 13.2 Å². The number of nitrogens with zero attached hydrogens (tertiary/aromatic N) is 1. The number of fused-ring (bicyclic) bond motifs is 1. The average molecular weight is 261 g/mol. The van der Waals surface area contributed by atoms with Crippen LogP contribution in [-0.4, -0.2) is 35.7 Å². The molecule has 1 saturated heterocycles. The van der Waals surface area contributed by atoms with E-state index in [1.165, 1.54) is 0 Å². The summed E-state index contributed by atoms with van der Waals surface area (Å²) >= 11 is 0. The van der Waals surface area contributed by atoms with Crippen molar-refractivity contribution in [3.63, 3.8) is 0 Å². The topological polar surface area (TPSA) is 49.8 Å². The highest BCUT2D eigenvalue weighted by Crippen LogP contribution is 2.40. The van der Waals surface area contributed by atoms with Gasteiger partial charge in [0.2, 0.25) is 0 Å². The lowest BCUT2D eigenvalue weighted by Crippen LogP contribution is -2.51. The summed E-state index contributed by atoms with van der Waals surface area (Å²) in [6, 6.07) is 8.10. The molecule has 3 rings (SSSR count). The zero-order valence-electron chi connectivity index (χ0n) is 11.0. The molecule has 1 aromatic carbocycles. The summed E-state index contributed by atoms with van der Waals surface area (Å²) < 4.78 is 5.72. The number of ether oxygens (including phenoxy) is 1. The maximum atomic E-state index is 11.4. The molecule has 0 bridgehead atoms. The van der Waals surface area contributed by atoms with Gasteiger partial charge in [0.15, 0.2) is 0 Å². The lowest BCUT2D eigenvalue weighted by molar-refractivity contribution is -0.143. The lowest BCUT2D eigenvalue weighted by Gasteiger charge is -2.44. The summed E-state index contributed by atoms with van der Waals surface area (Å²) in [6.45, 7) is 3.00. The third kappa shape index (κ3) is 2.15. The van der Waals surface area contributed by atoms with Crippen LogP contribution >= 0.6 is 0 Å². The monoisotopic (exact) mass is 261 g/mol. The number of hydrogen-bond acceptors (Lipinski definition) is 3. The van der Waals surface area contributed by atoms with Crippen molar-refractivity contribution >= 4 is 5.97 Å². The molecule has 2 aliphatic rings. The fourth-order valence-electron chi connectivity index (χ4n) is 3.42. The Kier molecular flexibility index (Phi) is 3.29. The fourth-order valence-corrected chi connectivity index (χ4v) is 3.42. The van der Waals surface area contributed by atoms with Gasteiger partial charge < -0.3 is 9.84 Å². The van der Waals surface area contributed by atoms with Gasteiger partial charge in [0.25, 0.3) is 0 Å². The van der Waals surface area contributed by atoms with Crippen molar-refractivity contribution < 1.29 is 14.6 Å². The van der Waals surface area contributed by atoms with Crippen molar-refractivity contribution in [1.82, 2.24) is 4.90 Å². The van der Waals surface area contributed by atoms with Crippen LogP contribution in [0.4, 0.5) is 0 Å². The van der Waals surface area contributed by atoms with Crippen molar-refractivity contribution in [2.75, 3.05) is 19.7 Å². The third-order valence-electron chi connectivity index (χ3n) is 4.27. The van der Waals surface area contributed by atoms with E-state index < -0.39 is 11.5 Å². The molecule has 4 heteroatoms. The first-order chi connectivity index (χ1) is 9.22. The molecule has 0 aliphatic carbocycles. The van der Waals surface area contributed by atoms with E-state index in [4.69, 9.17) is 4.74 Å². The minimum atomic E-state index is -0.757. The Morgan fingerprint density at radius 1 is 1.32 bits per heavy atom. The van der Waals surface area contributed by atoms with E-state index in [1.54, 1.807) is 0 Å². The predicted molar refractivity (Wildman–Crippen MR) is 70.8 cm³/mol. The minimum Gasteiger partial charge on any atom is -0.481 e. The molecule has 2 heterocycles. The smallest absolute Gasteiger partial charge is 0.305 e. The van der Waals surface area contributed by atoms with Crippen molar-refractivity contribution in [2.24, 2.45) is 0 Å². The molecule has 102 valence electrons. The van der Waals surface area contributed by atoms with Gasteiger partial charge in [0, 0.05) is 0 Å². The van der Waals surface area contributed by atoms with E-state index in [2.05, 4.69) is 11.0 Å². The maximum absolute atomic E-state index is 11.4. The van der Waals surface area contributed by atoms with Crippen LogP contribution in [0.3, 0.4) is 0 Å². The number of benzene rings is 1. The van der Waals surface area contributed by atoms with Crippen molar-refractivity contribution in [3.8, 4) is 0 Å². The van der Waals surface area contributed by atoms with Gasteiger partial charge in [-0.25, -0.2) is 0 Å². The summed E-state index contributed by atoms with van der Waals surface area (Å²) in [4.78, 5) is 13.7. The highest BCUT2D eigenvalue weighted by atomic mass is 16.5. The van der Waals surface area contributed by atoms with Gasteiger partial charge >= 0.3 is 5.97 Å². The molecule has 1 aromatic rings. The maximum Gasteiger partial charge on any atom is 0.305 e. The molecule has 1 fully saturated rings. The van der Waals surface area contributed by atoms with Crippen molar-refractivity contribution in [3.05, 3.63) is 35.4 Å². The Morgan fingerprint density at radius 2 is 2.05 bits per heavy atom. The van der Waals surface area contributed by atoms with Gasteiger partial charge in [-0.05, 0) is 37.1 Å². The molecule has 0 saturated carbocycles. The van der Waals surface area contributed by atoms with Crippen LogP contribution in [-0.2, 0) is 21.7 Å². The molecule has 1 N–H and O–H groups in total. The fraction of sp³-hybridized carbons (Fsp3) is 0.533. The largest absolute Gasteiger partial charge is 0.481 e. The van der Waals surface area contributed by atoms with Crippen LogP contribution in [0.1, 0.15) is 30.4 Å². The van der Waals surface area contributed by atoms with Crippen molar-refractivity contribution in [1.29, 1.82) is 0 Å². The van der Waals surface area contributed by atoms with Gasteiger partial charge in [0.1, 0.15) is 0 Å². The summed E-state index contributed by atoms with van der Waals surface area (Å²) in [5, 5.41) is 9.33. The number of carboxylic acid groups (broad SMARTS) is 1. The molecule has 0 radical (unpaired) electrons. The summed E-state index contributed by atoms with van der Waals surface area (Å²) in [6.07, 6.45) is 2.40. The third-order valence-corrected chi connectivity index (χ3v) is 4.27. The molecule has 1 atom stereocenters. The Bertz CT molecular complexity index is 482. The number of aliphatic carboxylic acids is 1. The number of hydrogen-bond donors (Lipinski definition) is 1. The van der Waals surface area contributed by atoms with E-state index in [9.17, 15) is 9.90 Å². The zero-order valence-corrected chi connectivity index (χ0v) is 11.0. The van der Waals surface area contributed by atoms with E-state index in [-0.39, 0.29) is 6.42 Å². The Balaban J connectivity index is 2.06. The molecule has 19 heavy (non-hydrogen) atoms. The van der Waals surface area contributed by atoms with E-state index in [1.807, 2.05) is 18.2 Å². The van der Waals surface area contributed by atoms with Gasteiger partial charge in [-0.1, -0.05) is 24.3 Å². The second-order valence-corrected chi connectivity index (χ2v) is 5.45. The van der Waals surface area contributed by atoms with Crippen LogP contribution in [0.5, 0.6) is 0 Å². The Morgan fingerprint density at radius 3 is 2.79 bits per heavy atom. The minimum absolute atomic E-state index is 0.115. The summed E-state index contributed by atoms with van der Waals surface area (Å²) in [5.74, 6) is -0.757. The number of carboxylic acids is 1. The first-order valence-corrected chi connectivity index (χ1v) is 6.85. The van der Waals surface area contributed by atoms with Gasteiger partial charge in [0.05, 0.1) is 25.2 Å². The Labute approximate surface area is 113 Å². The normalized spacial score (nSPS) is 27.2. The molecule has 0 amide bonds. The van der Waals surface area contributed by atoms with Crippen LogP contribution in [0.15, 0.2) is 24.3 Å². The highest BCUT2D eigenvalue weighted by molar-refractivity contribution is 5.69.